The van der Waals surface area contributed by atoms with E-state index in [2.05, 4.69) is 9.97 Å². The van der Waals surface area contributed by atoms with Gasteiger partial charge in [0, 0.05) is 14.1 Å². The quantitative estimate of drug-likeness (QED) is 0.780. The minimum Gasteiger partial charge on any atom is -0.492 e. The van der Waals surface area contributed by atoms with Crippen LogP contribution in [-0.2, 0) is 32.0 Å². The summed E-state index contributed by atoms with van der Waals surface area (Å²) in [6, 6.07) is 9.81. The summed E-state index contributed by atoms with van der Waals surface area (Å²) in [6.07, 6.45) is 0. The third-order valence-corrected chi connectivity index (χ3v) is 3.52. The van der Waals surface area contributed by atoms with Crippen molar-refractivity contribution in [1.29, 1.82) is 0 Å². The number of aryl methyl sites for hydroxylation is 2. The van der Waals surface area contributed by atoms with Gasteiger partial charge >= 0.3 is 5.69 Å². The van der Waals surface area contributed by atoms with Crippen molar-refractivity contribution in [1.82, 2.24) is 19.1 Å². The van der Waals surface area contributed by atoms with Gasteiger partial charge in [-0.25, -0.2) is 9.78 Å². The van der Waals surface area contributed by atoms with Crippen molar-refractivity contribution in [2.75, 3.05) is 0 Å². The first-order chi connectivity index (χ1) is 10.6. The lowest BCUT2D eigenvalue weighted by atomic mass is 10.2. The number of aromatic nitrogens is 4. The number of rotatable bonds is 4. The molecular weight excluding hydrogens is 284 g/mol. The minimum absolute atomic E-state index is 0.272. The summed E-state index contributed by atoms with van der Waals surface area (Å²) in [5, 5.41) is 9.78. The maximum Gasteiger partial charge on any atom is 0.352 e. The first-order valence-electron chi connectivity index (χ1n) is 6.81. The Morgan fingerprint density at radius 2 is 1.82 bits per heavy atom. The molecule has 0 radical (unpaired) electrons. The molecule has 0 saturated carbocycles. The average Bonchev–Trinajstić information content (AvgIpc) is 2.84. The summed E-state index contributed by atoms with van der Waals surface area (Å²) in [4.78, 5) is 19.5. The Morgan fingerprint density at radius 1 is 1.09 bits per heavy atom. The number of hydrogen-bond acceptors (Lipinski definition) is 5. The molecule has 0 saturated heterocycles. The van der Waals surface area contributed by atoms with Gasteiger partial charge in [-0.3, -0.25) is 4.57 Å². The molecule has 22 heavy (non-hydrogen) atoms. The lowest BCUT2D eigenvalue weighted by Gasteiger charge is -2.06. The molecule has 0 aliphatic rings. The Hall–Kier alpha value is -2.67. The number of fused-ring (bicyclic) bond motifs is 1. The van der Waals surface area contributed by atoms with E-state index in [9.17, 15) is 9.90 Å². The zero-order valence-corrected chi connectivity index (χ0v) is 12.4. The van der Waals surface area contributed by atoms with Crippen LogP contribution in [0.5, 0.6) is 5.88 Å². The van der Waals surface area contributed by atoms with Crippen molar-refractivity contribution in [2.24, 2.45) is 14.1 Å². The second kappa shape index (κ2) is 5.61. The van der Waals surface area contributed by atoms with Crippen LogP contribution in [0.3, 0.4) is 0 Å². The van der Waals surface area contributed by atoms with Gasteiger partial charge in [0.1, 0.15) is 18.1 Å². The average molecular weight is 300 g/mol. The van der Waals surface area contributed by atoms with Gasteiger partial charge in [0.15, 0.2) is 5.52 Å². The zero-order chi connectivity index (χ0) is 15.7. The molecule has 3 rings (SSSR count). The monoisotopic (exact) mass is 300 g/mol. The normalized spacial score (nSPS) is 11.2. The third-order valence-electron chi connectivity index (χ3n) is 3.52. The lowest BCUT2D eigenvalue weighted by Crippen LogP contribution is -2.21. The Bertz CT molecular complexity index is 868. The van der Waals surface area contributed by atoms with Gasteiger partial charge in [-0.05, 0) is 5.56 Å². The highest BCUT2D eigenvalue weighted by Gasteiger charge is 2.16. The van der Waals surface area contributed by atoms with Crippen LogP contribution in [0.15, 0.2) is 35.1 Å². The molecule has 0 unspecified atom stereocenters. The van der Waals surface area contributed by atoms with Crippen LogP contribution < -0.4 is 5.69 Å². The Balaban J connectivity index is 1.86. The molecule has 0 amide bonds. The van der Waals surface area contributed by atoms with Gasteiger partial charge in [-0.1, -0.05) is 30.3 Å². The third kappa shape index (κ3) is 2.46. The fourth-order valence-corrected chi connectivity index (χ4v) is 2.34. The number of benzene rings is 1. The van der Waals surface area contributed by atoms with E-state index in [1.165, 1.54) is 4.57 Å². The molecule has 7 nitrogen and oxygen atoms in total. The fourth-order valence-electron chi connectivity index (χ4n) is 2.34. The molecule has 1 N–H and O–H groups in total. The highest BCUT2D eigenvalue weighted by molar-refractivity contribution is 5.76. The second-order valence-electron chi connectivity index (χ2n) is 5.01. The van der Waals surface area contributed by atoms with Crippen LogP contribution in [0.4, 0.5) is 0 Å². The standard InChI is InChI=1S/C15H16N4O3/c1-18-11(9-22-8-10-6-4-3-5-7-10)16-12-13(20)17-15(21)19(2)14(12)18/h3-7H,8-9H2,1-2H3,(H,17,20,21). The number of nitrogens with zero attached hydrogens (tertiary/aromatic N) is 4. The molecule has 0 fully saturated rings. The smallest absolute Gasteiger partial charge is 0.352 e. The van der Waals surface area contributed by atoms with Gasteiger partial charge in [-0.15, -0.1) is 0 Å². The van der Waals surface area contributed by atoms with E-state index in [1.807, 2.05) is 30.3 Å². The predicted molar refractivity (Wildman–Crippen MR) is 80.3 cm³/mol. The van der Waals surface area contributed by atoms with E-state index in [0.717, 1.165) is 5.56 Å². The summed E-state index contributed by atoms with van der Waals surface area (Å²) in [6.45, 7) is 0.737. The Kier molecular flexibility index (Phi) is 3.64. The zero-order valence-electron chi connectivity index (χ0n) is 12.4. The largest absolute Gasteiger partial charge is 0.492 e. The highest BCUT2D eigenvalue weighted by atomic mass is 16.5. The maximum absolute atomic E-state index is 11.6. The molecule has 2 aromatic heterocycles. The molecule has 3 aromatic rings. The van der Waals surface area contributed by atoms with Crippen LogP contribution >= 0.6 is 0 Å². The van der Waals surface area contributed by atoms with Crippen LogP contribution in [0.25, 0.3) is 11.2 Å². The Labute approximate surface area is 126 Å². The summed E-state index contributed by atoms with van der Waals surface area (Å²) in [5.74, 6) is 0.257. The Morgan fingerprint density at radius 3 is 2.55 bits per heavy atom. The molecule has 2 heterocycles. The molecule has 0 aliphatic heterocycles. The number of imidazole rings is 1. The van der Waals surface area contributed by atoms with Crippen LogP contribution in [-0.4, -0.2) is 24.2 Å². The summed E-state index contributed by atoms with van der Waals surface area (Å²) >= 11 is 0. The van der Waals surface area contributed by atoms with E-state index in [-0.39, 0.29) is 12.5 Å². The topological polar surface area (TPSA) is 82.2 Å². The van der Waals surface area contributed by atoms with E-state index in [1.54, 1.807) is 18.7 Å². The lowest BCUT2D eigenvalue weighted by molar-refractivity contribution is 0.100. The van der Waals surface area contributed by atoms with Crippen molar-refractivity contribution in [3.8, 4) is 5.88 Å². The van der Waals surface area contributed by atoms with Gasteiger partial charge in [-0.2, -0.15) is 4.98 Å². The molecule has 7 heteroatoms. The van der Waals surface area contributed by atoms with E-state index in [0.29, 0.717) is 23.6 Å². The summed E-state index contributed by atoms with van der Waals surface area (Å²) in [5.41, 5.74) is 1.35. The van der Waals surface area contributed by atoms with Gasteiger partial charge in [0.2, 0.25) is 5.88 Å². The molecule has 1 aromatic carbocycles. The van der Waals surface area contributed by atoms with Crippen molar-refractivity contribution in [3.63, 3.8) is 0 Å². The number of ether oxygens (including phenoxy) is 1. The summed E-state index contributed by atoms with van der Waals surface area (Å²) in [7, 11) is 3.36. The van der Waals surface area contributed by atoms with Crippen molar-refractivity contribution in [3.05, 3.63) is 52.2 Å². The van der Waals surface area contributed by atoms with Crippen LogP contribution in [0.2, 0.25) is 0 Å². The second-order valence-corrected chi connectivity index (χ2v) is 5.01. The number of hydrogen-bond donors (Lipinski definition) is 1. The molecular formula is C15H16N4O3. The van der Waals surface area contributed by atoms with E-state index in [4.69, 9.17) is 4.74 Å². The van der Waals surface area contributed by atoms with Crippen LogP contribution in [0, 0.1) is 0 Å². The summed E-state index contributed by atoms with van der Waals surface area (Å²) < 4.78 is 8.73. The van der Waals surface area contributed by atoms with Crippen molar-refractivity contribution in [2.45, 2.75) is 13.2 Å². The van der Waals surface area contributed by atoms with Gasteiger partial charge < -0.3 is 14.4 Å². The first-order valence-corrected chi connectivity index (χ1v) is 6.81. The molecule has 0 spiro atoms. The minimum atomic E-state index is -0.523. The maximum atomic E-state index is 11.6. The first kappa shape index (κ1) is 14.3. The fraction of sp³-hybridized carbons (Fsp3) is 0.267. The number of aromatic hydroxyl groups is 1. The molecule has 0 atom stereocenters. The molecule has 0 bridgehead atoms. The van der Waals surface area contributed by atoms with Gasteiger partial charge in [0.05, 0.1) is 6.61 Å². The van der Waals surface area contributed by atoms with Crippen LogP contribution in [0.1, 0.15) is 11.4 Å². The molecule has 0 aliphatic carbocycles. The van der Waals surface area contributed by atoms with Crippen molar-refractivity contribution < 1.29 is 9.84 Å². The molecule has 114 valence electrons. The van der Waals surface area contributed by atoms with Gasteiger partial charge in [0.25, 0.3) is 0 Å². The predicted octanol–water partition coefficient (Wildman–Crippen LogP) is 1.09. The van der Waals surface area contributed by atoms with Crippen molar-refractivity contribution >= 4 is 11.2 Å². The SMILES string of the molecule is Cn1c(COCc2ccccc2)nc2c(O)nc(=O)n(C)c21. The van der Waals surface area contributed by atoms with E-state index < -0.39 is 5.69 Å². The highest BCUT2D eigenvalue weighted by Crippen LogP contribution is 2.20. The van der Waals surface area contributed by atoms with E-state index >= 15 is 0 Å².